The maximum absolute atomic E-state index is 12.8. The van der Waals surface area contributed by atoms with Crippen molar-refractivity contribution in [3.8, 4) is 5.75 Å². The zero-order valence-corrected chi connectivity index (χ0v) is 15.8. The van der Waals surface area contributed by atoms with Crippen molar-refractivity contribution < 1.29 is 26.3 Å². The second kappa shape index (κ2) is 8.10. The number of hydrogen-bond donors (Lipinski definition) is 2. The summed E-state index contributed by atoms with van der Waals surface area (Å²) in [5.41, 5.74) is -0.229. The quantitative estimate of drug-likeness (QED) is 0.762. The van der Waals surface area contributed by atoms with Crippen molar-refractivity contribution in [3.63, 3.8) is 0 Å². The minimum atomic E-state index is -4.41. The van der Waals surface area contributed by atoms with Gasteiger partial charge in [0.15, 0.2) is 0 Å². The van der Waals surface area contributed by atoms with Crippen LogP contribution in [0.5, 0.6) is 5.75 Å². The van der Waals surface area contributed by atoms with Gasteiger partial charge < -0.3 is 10.1 Å². The number of primary sulfonamides is 1. The molecule has 0 aliphatic carbocycles. The molecule has 2 aromatic rings. The fraction of sp³-hybridized carbons (Fsp3) is 0.368. The van der Waals surface area contributed by atoms with Crippen LogP contribution in [0.15, 0.2) is 53.4 Å². The zero-order chi connectivity index (χ0) is 20.4. The van der Waals surface area contributed by atoms with Crippen LogP contribution in [-0.4, -0.2) is 27.6 Å². The number of nitrogens with one attached hydrogen (secondary N) is 1. The number of rotatable bonds is 6. The SMILES string of the molecule is NS(=O)(=O)c1ccccc1C[C@H](Oc1ccc(C(F)(F)F)cc1)[C@H]1CCNC1. The van der Waals surface area contributed by atoms with Gasteiger partial charge in [0.1, 0.15) is 11.9 Å². The summed E-state index contributed by atoms with van der Waals surface area (Å²) in [5, 5.41) is 8.54. The van der Waals surface area contributed by atoms with Gasteiger partial charge in [-0.15, -0.1) is 0 Å². The van der Waals surface area contributed by atoms with E-state index in [2.05, 4.69) is 5.32 Å². The standard InChI is InChI=1S/C19H21F3N2O3S/c20-19(21,22)15-5-7-16(8-6-15)27-17(14-9-10-24-12-14)11-13-3-1-2-4-18(13)28(23,25)26/h1-8,14,17,24H,9-12H2,(H2,23,25,26)/t14-,17-/m0/s1. The van der Waals surface area contributed by atoms with E-state index in [9.17, 15) is 21.6 Å². The molecule has 1 saturated heterocycles. The van der Waals surface area contributed by atoms with Gasteiger partial charge in [-0.1, -0.05) is 18.2 Å². The molecular formula is C19H21F3N2O3S. The van der Waals surface area contributed by atoms with Crippen molar-refractivity contribution in [2.45, 2.75) is 30.0 Å². The molecule has 0 spiro atoms. The van der Waals surface area contributed by atoms with E-state index in [1.165, 1.54) is 18.2 Å². The van der Waals surface area contributed by atoms with E-state index in [1.807, 2.05) is 0 Å². The molecule has 2 aromatic carbocycles. The predicted molar refractivity (Wildman–Crippen MR) is 98.4 cm³/mol. The van der Waals surface area contributed by atoms with E-state index in [1.54, 1.807) is 18.2 Å². The van der Waals surface area contributed by atoms with Crippen LogP contribution < -0.4 is 15.2 Å². The third-order valence-electron chi connectivity index (χ3n) is 4.79. The highest BCUT2D eigenvalue weighted by Gasteiger charge is 2.31. The summed E-state index contributed by atoms with van der Waals surface area (Å²) in [7, 11) is -3.89. The number of ether oxygens (including phenoxy) is 1. The fourth-order valence-electron chi connectivity index (χ4n) is 3.36. The summed E-state index contributed by atoms with van der Waals surface area (Å²) >= 11 is 0. The fourth-order valence-corrected chi connectivity index (χ4v) is 4.15. The van der Waals surface area contributed by atoms with Gasteiger partial charge >= 0.3 is 6.18 Å². The van der Waals surface area contributed by atoms with Crippen molar-refractivity contribution in [2.75, 3.05) is 13.1 Å². The molecule has 0 unspecified atom stereocenters. The monoisotopic (exact) mass is 414 g/mol. The molecule has 1 fully saturated rings. The number of benzene rings is 2. The summed E-state index contributed by atoms with van der Waals surface area (Å²) in [6.07, 6.45) is -3.72. The highest BCUT2D eigenvalue weighted by atomic mass is 32.2. The van der Waals surface area contributed by atoms with Crippen LogP contribution in [0.4, 0.5) is 13.2 Å². The van der Waals surface area contributed by atoms with Gasteiger partial charge in [0.2, 0.25) is 10.0 Å². The Balaban J connectivity index is 1.85. The minimum Gasteiger partial charge on any atom is -0.490 e. The molecule has 3 N–H and O–H groups in total. The Hall–Kier alpha value is -2.10. The average Bonchev–Trinajstić information content (AvgIpc) is 3.15. The topological polar surface area (TPSA) is 81.4 Å². The number of alkyl halides is 3. The molecule has 9 heteroatoms. The molecule has 0 radical (unpaired) electrons. The summed E-state index contributed by atoms with van der Waals surface area (Å²) < 4.78 is 68.0. The van der Waals surface area contributed by atoms with Gasteiger partial charge in [0.05, 0.1) is 10.5 Å². The molecule has 1 aliphatic rings. The number of sulfonamides is 1. The van der Waals surface area contributed by atoms with Crippen LogP contribution in [0.1, 0.15) is 17.5 Å². The Kier molecular flexibility index (Phi) is 5.97. The van der Waals surface area contributed by atoms with Crippen LogP contribution in [0.2, 0.25) is 0 Å². The van der Waals surface area contributed by atoms with Crippen LogP contribution >= 0.6 is 0 Å². The van der Waals surface area contributed by atoms with Gasteiger partial charge in [0, 0.05) is 18.9 Å². The lowest BCUT2D eigenvalue weighted by atomic mass is 9.95. The Bertz CT molecular complexity index is 909. The van der Waals surface area contributed by atoms with Crippen LogP contribution in [-0.2, 0) is 22.6 Å². The van der Waals surface area contributed by atoms with E-state index in [0.29, 0.717) is 17.9 Å². The van der Waals surface area contributed by atoms with Crippen LogP contribution in [0, 0.1) is 5.92 Å². The molecule has 5 nitrogen and oxygen atoms in total. The Morgan fingerprint density at radius 1 is 1.14 bits per heavy atom. The normalized spacial score (nSPS) is 18.8. The summed E-state index contributed by atoms with van der Waals surface area (Å²) in [6, 6.07) is 10.9. The molecule has 1 heterocycles. The summed E-state index contributed by atoms with van der Waals surface area (Å²) in [6.45, 7) is 1.48. The average molecular weight is 414 g/mol. The first-order valence-corrected chi connectivity index (χ1v) is 10.3. The molecule has 0 bridgehead atoms. The number of nitrogens with two attached hydrogens (primary N) is 1. The lowest BCUT2D eigenvalue weighted by Gasteiger charge is -2.25. The summed E-state index contributed by atoms with van der Waals surface area (Å²) in [4.78, 5) is 0.0296. The van der Waals surface area contributed by atoms with Gasteiger partial charge in [-0.2, -0.15) is 13.2 Å². The second-order valence-corrected chi connectivity index (χ2v) is 8.32. The highest BCUT2D eigenvalue weighted by molar-refractivity contribution is 7.89. The van der Waals surface area contributed by atoms with E-state index in [-0.39, 0.29) is 17.2 Å². The molecule has 1 aliphatic heterocycles. The van der Waals surface area contributed by atoms with Crippen LogP contribution in [0.25, 0.3) is 0 Å². The lowest BCUT2D eigenvalue weighted by molar-refractivity contribution is -0.137. The van der Waals surface area contributed by atoms with E-state index >= 15 is 0 Å². The molecule has 0 saturated carbocycles. The van der Waals surface area contributed by atoms with Gasteiger partial charge in [0.25, 0.3) is 0 Å². The number of hydrogen-bond acceptors (Lipinski definition) is 4. The van der Waals surface area contributed by atoms with E-state index in [4.69, 9.17) is 9.88 Å². The van der Waals surface area contributed by atoms with Gasteiger partial charge in [-0.05, 0) is 48.9 Å². The third-order valence-corrected chi connectivity index (χ3v) is 5.80. The lowest BCUT2D eigenvalue weighted by Crippen LogP contribution is -2.32. The van der Waals surface area contributed by atoms with Crippen molar-refractivity contribution in [2.24, 2.45) is 11.1 Å². The highest BCUT2D eigenvalue weighted by Crippen LogP contribution is 2.31. The first-order chi connectivity index (χ1) is 13.1. The zero-order valence-electron chi connectivity index (χ0n) is 14.9. The molecule has 3 rings (SSSR count). The Morgan fingerprint density at radius 2 is 1.82 bits per heavy atom. The van der Waals surface area contributed by atoms with Crippen molar-refractivity contribution in [1.82, 2.24) is 5.32 Å². The third kappa shape index (κ3) is 5.03. The molecule has 152 valence electrons. The Morgan fingerprint density at radius 3 is 2.39 bits per heavy atom. The number of halogens is 3. The first-order valence-electron chi connectivity index (χ1n) is 8.80. The van der Waals surface area contributed by atoms with Crippen molar-refractivity contribution in [1.29, 1.82) is 0 Å². The summed E-state index contributed by atoms with van der Waals surface area (Å²) in [5.74, 6) is 0.397. The van der Waals surface area contributed by atoms with E-state index < -0.39 is 27.9 Å². The largest absolute Gasteiger partial charge is 0.490 e. The van der Waals surface area contributed by atoms with Crippen LogP contribution in [0.3, 0.4) is 0 Å². The molecule has 0 amide bonds. The molecule has 0 aromatic heterocycles. The first kappa shape index (κ1) is 20.6. The van der Waals surface area contributed by atoms with Gasteiger partial charge in [-0.3, -0.25) is 0 Å². The smallest absolute Gasteiger partial charge is 0.416 e. The Labute approximate surface area is 161 Å². The van der Waals surface area contributed by atoms with Crippen molar-refractivity contribution >= 4 is 10.0 Å². The molecule has 28 heavy (non-hydrogen) atoms. The molecular weight excluding hydrogens is 393 g/mol. The maximum atomic E-state index is 12.8. The minimum absolute atomic E-state index is 0.0296. The molecule has 2 atom stereocenters. The maximum Gasteiger partial charge on any atom is 0.416 e. The second-order valence-electron chi connectivity index (χ2n) is 6.79. The van der Waals surface area contributed by atoms with E-state index in [0.717, 1.165) is 25.1 Å². The van der Waals surface area contributed by atoms with Crippen molar-refractivity contribution in [3.05, 3.63) is 59.7 Å². The van der Waals surface area contributed by atoms with Gasteiger partial charge in [-0.25, -0.2) is 13.6 Å². The predicted octanol–water partition coefficient (Wildman–Crippen LogP) is 2.95.